The van der Waals surface area contributed by atoms with Gasteiger partial charge in [0.2, 0.25) is 0 Å². The van der Waals surface area contributed by atoms with Gasteiger partial charge in [-0.25, -0.2) is 9.18 Å². The van der Waals surface area contributed by atoms with E-state index in [1.165, 1.54) is 11.6 Å². The van der Waals surface area contributed by atoms with Crippen molar-refractivity contribution in [3.8, 4) is 0 Å². The molecular weight excluding hydrogens is 550 g/mol. The number of carbonyl (C=O) groups is 2. The molecule has 1 unspecified atom stereocenters. The van der Waals surface area contributed by atoms with Crippen LogP contribution in [0.2, 0.25) is 10.0 Å². The summed E-state index contributed by atoms with van der Waals surface area (Å²) in [6, 6.07) is 17.2. The van der Waals surface area contributed by atoms with Crippen molar-refractivity contribution in [2.24, 2.45) is 0 Å². The van der Waals surface area contributed by atoms with E-state index in [9.17, 15) is 14.0 Å². The topological polar surface area (TPSA) is 55.9 Å². The summed E-state index contributed by atoms with van der Waals surface area (Å²) in [5, 5.41) is 5.96. The average Bonchev–Trinajstić information content (AvgIpc) is 3.11. The number of halogens is 3. The first-order chi connectivity index (χ1) is 19.4. The maximum Gasteiger partial charge on any atom is 0.317 e. The minimum atomic E-state index is -0.213. The number of urea groups is 1. The fourth-order valence-corrected chi connectivity index (χ4v) is 7.23. The SMILES string of the molecule is O=C(NC1C[C@H]2CC[C@@H](C1)N2Cc1ccc2cc(F)ccc2c1)N1CCCN(C(=O)c2c(Cl)cccc2Cl)CC1. The zero-order valence-electron chi connectivity index (χ0n) is 22.3. The molecule has 3 aliphatic heterocycles. The standard InChI is InChI=1S/C31H33Cl2FN4O2/c32-27-3-1-4-28(33)29(27)30(39)36-11-2-12-37(14-13-36)31(40)35-24-17-25-9-10-26(18-24)38(25)19-20-5-6-22-16-23(34)8-7-21(22)15-20/h1,3-8,15-16,24-26H,2,9-14,17-19H2,(H,35,40)/t24?,25-,26+. The van der Waals surface area contributed by atoms with E-state index in [1.807, 2.05) is 17.0 Å². The number of rotatable bonds is 4. The van der Waals surface area contributed by atoms with Gasteiger partial charge >= 0.3 is 6.03 Å². The van der Waals surface area contributed by atoms with Crippen molar-refractivity contribution >= 4 is 45.9 Å². The molecule has 40 heavy (non-hydrogen) atoms. The maximum absolute atomic E-state index is 13.6. The summed E-state index contributed by atoms with van der Waals surface area (Å²) in [4.78, 5) is 32.5. The lowest BCUT2D eigenvalue weighted by Crippen LogP contribution is -2.53. The quantitative estimate of drug-likeness (QED) is 0.390. The van der Waals surface area contributed by atoms with Crippen LogP contribution in [-0.4, -0.2) is 70.9 Å². The van der Waals surface area contributed by atoms with Crippen LogP contribution < -0.4 is 5.32 Å². The van der Waals surface area contributed by atoms with Crippen LogP contribution in [0.5, 0.6) is 0 Å². The predicted molar refractivity (Wildman–Crippen MR) is 156 cm³/mol. The number of amides is 3. The first kappa shape index (κ1) is 27.3. The smallest absolute Gasteiger partial charge is 0.317 e. The molecule has 210 valence electrons. The van der Waals surface area contributed by atoms with E-state index in [2.05, 4.69) is 22.3 Å². The van der Waals surface area contributed by atoms with Crippen molar-refractivity contribution < 1.29 is 14.0 Å². The molecule has 3 aromatic carbocycles. The molecule has 6 nitrogen and oxygen atoms in total. The number of carbonyl (C=O) groups excluding carboxylic acids is 2. The molecule has 3 aromatic rings. The van der Waals surface area contributed by atoms with Gasteiger partial charge in [-0.3, -0.25) is 9.69 Å². The molecule has 9 heteroatoms. The van der Waals surface area contributed by atoms with E-state index < -0.39 is 0 Å². The number of fused-ring (bicyclic) bond motifs is 3. The Balaban J connectivity index is 1.03. The molecule has 0 aromatic heterocycles. The second-order valence-electron chi connectivity index (χ2n) is 11.2. The van der Waals surface area contributed by atoms with Gasteiger partial charge in [0.05, 0.1) is 15.6 Å². The van der Waals surface area contributed by atoms with E-state index in [0.717, 1.165) is 43.0 Å². The number of nitrogens with zero attached hydrogens (tertiary/aromatic N) is 3. The third-order valence-corrected chi connectivity index (χ3v) is 9.32. The van der Waals surface area contributed by atoms with Crippen molar-refractivity contribution in [1.29, 1.82) is 0 Å². The molecule has 3 heterocycles. The summed E-state index contributed by atoms with van der Waals surface area (Å²) >= 11 is 12.5. The summed E-state index contributed by atoms with van der Waals surface area (Å²) in [6.07, 6.45) is 4.85. The summed E-state index contributed by atoms with van der Waals surface area (Å²) in [5.41, 5.74) is 1.56. The maximum atomic E-state index is 13.6. The van der Waals surface area contributed by atoms with E-state index in [-0.39, 0.29) is 23.8 Å². The minimum absolute atomic E-state index is 0.0512. The van der Waals surface area contributed by atoms with Gasteiger partial charge in [-0.15, -0.1) is 0 Å². The van der Waals surface area contributed by atoms with Crippen LogP contribution in [-0.2, 0) is 6.54 Å². The number of benzene rings is 3. The molecule has 0 radical (unpaired) electrons. The monoisotopic (exact) mass is 582 g/mol. The highest BCUT2D eigenvalue weighted by Gasteiger charge is 2.41. The summed E-state index contributed by atoms with van der Waals surface area (Å²) in [5.74, 6) is -0.407. The van der Waals surface area contributed by atoms with Gasteiger partial charge in [-0.1, -0.05) is 47.5 Å². The van der Waals surface area contributed by atoms with Gasteiger partial charge in [0.1, 0.15) is 5.82 Å². The molecule has 3 atom stereocenters. The van der Waals surface area contributed by atoms with Crippen molar-refractivity contribution in [3.05, 3.63) is 81.6 Å². The van der Waals surface area contributed by atoms with Gasteiger partial charge in [0, 0.05) is 50.8 Å². The van der Waals surface area contributed by atoms with Gasteiger partial charge in [-0.05, 0) is 78.8 Å². The summed E-state index contributed by atoms with van der Waals surface area (Å²) in [6.45, 7) is 2.93. The Morgan fingerprint density at radius 2 is 1.50 bits per heavy atom. The molecule has 0 aliphatic carbocycles. The average molecular weight is 584 g/mol. The van der Waals surface area contributed by atoms with Gasteiger partial charge < -0.3 is 15.1 Å². The lowest BCUT2D eigenvalue weighted by atomic mass is 9.96. The third kappa shape index (κ3) is 5.65. The van der Waals surface area contributed by atoms with Crippen LogP contribution in [0.1, 0.15) is 48.0 Å². The highest BCUT2D eigenvalue weighted by molar-refractivity contribution is 6.39. The van der Waals surface area contributed by atoms with Crippen LogP contribution in [0.3, 0.4) is 0 Å². The molecule has 3 aliphatic rings. The molecule has 2 bridgehead atoms. The van der Waals surface area contributed by atoms with Crippen LogP contribution in [0, 0.1) is 5.82 Å². The molecule has 0 spiro atoms. The normalized spacial score (nSPS) is 23.3. The number of nitrogens with one attached hydrogen (secondary N) is 1. The van der Waals surface area contributed by atoms with E-state index in [1.54, 1.807) is 29.2 Å². The van der Waals surface area contributed by atoms with Gasteiger partial charge in [0.15, 0.2) is 0 Å². The zero-order chi connectivity index (χ0) is 27.8. The second-order valence-corrected chi connectivity index (χ2v) is 12.0. The first-order valence-electron chi connectivity index (χ1n) is 14.1. The Kier molecular flexibility index (Phi) is 7.89. The Hall–Kier alpha value is -2.87. The zero-order valence-corrected chi connectivity index (χ0v) is 23.8. The Morgan fingerprint density at radius 3 is 2.25 bits per heavy atom. The molecule has 6 rings (SSSR count). The molecular formula is C31H33Cl2FN4O2. The highest BCUT2D eigenvalue weighted by atomic mass is 35.5. The van der Waals surface area contributed by atoms with Gasteiger partial charge in [-0.2, -0.15) is 0 Å². The van der Waals surface area contributed by atoms with Crippen molar-refractivity contribution in [2.45, 2.75) is 56.8 Å². The lowest BCUT2D eigenvalue weighted by Gasteiger charge is -2.39. The Labute approximate surface area is 244 Å². The van der Waals surface area contributed by atoms with Crippen molar-refractivity contribution in [1.82, 2.24) is 20.0 Å². The number of hydrogen-bond acceptors (Lipinski definition) is 3. The van der Waals surface area contributed by atoms with E-state index >= 15 is 0 Å². The van der Waals surface area contributed by atoms with Crippen LogP contribution >= 0.6 is 23.2 Å². The van der Waals surface area contributed by atoms with E-state index in [4.69, 9.17) is 23.2 Å². The minimum Gasteiger partial charge on any atom is -0.337 e. The van der Waals surface area contributed by atoms with Crippen LogP contribution in [0.15, 0.2) is 54.6 Å². The number of hydrogen-bond donors (Lipinski definition) is 1. The van der Waals surface area contributed by atoms with E-state index in [0.29, 0.717) is 60.3 Å². The van der Waals surface area contributed by atoms with Crippen LogP contribution in [0.4, 0.5) is 9.18 Å². The van der Waals surface area contributed by atoms with Crippen LogP contribution in [0.25, 0.3) is 10.8 Å². The molecule has 3 amide bonds. The Morgan fingerprint density at radius 1 is 0.850 bits per heavy atom. The highest BCUT2D eigenvalue weighted by Crippen LogP contribution is 2.37. The Bertz CT molecular complexity index is 1400. The predicted octanol–water partition coefficient (Wildman–Crippen LogP) is 6.34. The largest absolute Gasteiger partial charge is 0.337 e. The van der Waals surface area contributed by atoms with Crippen molar-refractivity contribution in [3.63, 3.8) is 0 Å². The fourth-order valence-electron chi connectivity index (χ4n) is 6.68. The summed E-state index contributed by atoms with van der Waals surface area (Å²) in [7, 11) is 0. The number of piperidine rings is 1. The first-order valence-corrected chi connectivity index (χ1v) is 14.8. The fraction of sp³-hybridized carbons (Fsp3) is 0.419. The summed E-state index contributed by atoms with van der Waals surface area (Å²) < 4.78 is 13.6. The molecule has 3 saturated heterocycles. The molecule has 1 N–H and O–H groups in total. The van der Waals surface area contributed by atoms with Crippen molar-refractivity contribution in [2.75, 3.05) is 26.2 Å². The van der Waals surface area contributed by atoms with Gasteiger partial charge in [0.25, 0.3) is 5.91 Å². The third-order valence-electron chi connectivity index (χ3n) is 8.69. The molecule has 0 saturated carbocycles. The molecule has 3 fully saturated rings. The second kappa shape index (κ2) is 11.6. The lowest BCUT2D eigenvalue weighted by molar-refractivity contribution is 0.0761.